The molecule has 0 bridgehead atoms. The summed E-state index contributed by atoms with van der Waals surface area (Å²) in [5, 5.41) is 18.0. The molecule has 1 aromatic carbocycles. The van der Waals surface area contributed by atoms with Gasteiger partial charge in [0, 0.05) is 24.1 Å². The third-order valence-electron chi connectivity index (χ3n) is 3.79. The van der Waals surface area contributed by atoms with Gasteiger partial charge in [0.15, 0.2) is 0 Å². The van der Waals surface area contributed by atoms with Crippen LogP contribution in [0.4, 0.5) is 13.2 Å². The Balaban J connectivity index is 2.31. The summed E-state index contributed by atoms with van der Waals surface area (Å²) in [6.45, 7) is 0. The van der Waals surface area contributed by atoms with Gasteiger partial charge in [-0.25, -0.2) is 0 Å². The molecule has 0 amide bonds. The number of aromatic nitrogens is 2. The Hall–Kier alpha value is -2.13. The van der Waals surface area contributed by atoms with Crippen LogP contribution in [0.3, 0.4) is 0 Å². The summed E-state index contributed by atoms with van der Waals surface area (Å²) in [5.41, 5.74) is 0.0783. The Bertz CT molecular complexity index is 696. The molecule has 2 rings (SSSR count). The average molecular weight is 354 g/mol. The quantitative estimate of drug-likeness (QED) is 0.744. The second-order valence-electron chi connectivity index (χ2n) is 5.56. The van der Waals surface area contributed by atoms with Gasteiger partial charge in [-0.2, -0.15) is 28.6 Å². The van der Waals surface area contributed by atoms with E-state index in [1.54, 1.807) is 36.4 Å². The lowest BCUT2D eigenvalue weighted by Gasteiger charge is -2.27. The van der Waals surface area contributed by atoms with Crippen molar-refractivity contribution in [3.63, 3.8) is 0 Å². The van der Waals surface area contributed by atoms with Crippen LogP contribution in [0.5, 0.6) is 0 Å². The second-order valence-corrected chi connectivity index (χ2v) is 6.00. The van der Waals surface area contributed by atoms with Crippen molar-refractivity contribution in [3.05, 3.63) is 58.9 Å². The fourth-order valence-electron chi connectivity index (χ4n) is 2.59. The van der Waals surface area contributed by atoms with Gasteiger partial charge in [-0.3, -0.25) is 0 Å². The van der Waals surface area contributed by atoms with Gasteiger partial charge in [0.25, 0.3) is 0 Å². The molecule has 1 heterocycles. The Kier molecular flexibility index (Phi) is 5.79. The van der Waals surface area contributed by atoms with E-state index in [1.807, 2.05) is 0 Å². The van der Waals surface area contributed by atoms with Crippen molar-refractivity contribution >= 4 is 11.6 Å². The molecule has 0 spiro atoms. The van der Waals surface area contributed by atoms with Crippen LogP contribution in [-0.4, -0.2) is 16.4 Å². The number of alkyl halides is 3. The van der Waals surface area contributed by atoms with Gasteiger partial charge in [0.05, 0.1) is 17.2 Å². The van der Waals surface area contributed by atoms with Crippen LogP contribution in [0.15, 0.2) is 42.6 Å². The number of hydrogen-bond donors (Lipinski definition) is 0. The Morgan fingerprint density at radius 1 is 1.08 bits per heavy atom. The predicted octanol–water partition coefficient (Wildman–Crippen LogP) is 4.87. The van der Waals surface area contributed by atoms with Gasteiger partial charge in [0.2, 0.25) is 0 Å². The first-order valence-electron chi connectivity index (χ1n) is 7.35. The zero-order valence-corrected chi connectivity index (χ0v) is 13.5. The van der Waals surface area contributed by atoms with Gasteiger partial charge in [0.1, 0.15) is 0 Å². The molecule has 0 fully saturated rings. The average Bonchev–Trinajstić information content (AvgIpc) is 2.54. The third-order valence-corrected chi connectivity index (χ3v) is 4.04. The smallest absolute Gasteiger partial charge is 0.197 e. The molecule has 7 heteroatoms. The first-order valence-corrected chi connectivity index (χ1v) is 7.73. The molecule has 0 aliphatic rings. The van der Waals surface area contributed by atoms with E-state index in [9.17, 15) is 18.4 Å². The maximum absolute atomic E-state index is 12.5. The van der Waals surface area contributed by atoms with Crippen LogP contribution in [-0.2, 0) is 11.8 Å². The van der Waals surface area contributed by atoms with Crippen LogP contribution >= 0.6 is 11.6 Å². The highest BCUT2D eigenvalue weighted by Crippen LogP contribution is 2.35. The maximum atomic E-state index is 12.5. The molecule has 0 saturated heterocycles. The van der Waals surface area contributed by atoms with E-state index in [4.69, 9.17) is 11.6 Å². The molecule has 1 atom stereocenters. The van der Waals surface area contributed by atoms with Gasteiger partial charge in [-0.15, -0.1) is 0 Å². The largest absolute Gasteiger partial charge is 0.389 e. The van der Waals surface area contributed by atoms with Crippen molar-refractivity contribution in [3.8, 4) is 6.07 Å². The number of hydrogen-bond acceptors (Lipinski definition) is 3. The summed E-state index contributed by atoms with van der Waals surface area (Å²) >= 11 is 5.88. The minimum absolute atomic E-state index is 0.0707. The van der Waals surface area contributed by atoms with E-state index < -0.39 is 18.0 Å². The van der Waals surface area contributed by atoms with Crippen molar-refractivity contribution in [2.24, 2.45) is 0 Å². The third kappa shape index (κ3) is 4.93. The molecule has 3 nitrogen and oxygen atoms in total. The number of rotatable bonds is 6. The van der Waals surface area contributed by atoms with E-state index in [0.717, 1.165) is 0 Å². The standard InChI is InChI=1S/C17H15ClF3N3/c18-14-6-4-13(5-7-14)16(12-22,8-2-9-17(19,20)21)11-15-3-1-10-23-24-15/h1,3-7,10H,2,8-9,11H2. The number of benzene rings is 1. The molecule has 0 saturated carbocycles. The summed E-state index contributed by atoms with van der Waals surface area (Å²) in [5.74, 6) is 0. The predicted molar refractivity (Wildman–Crippen MR) is 84.4 cm³/mol. The van der Waals surface area contributed by atoms with Crippen molar-refractivity contribution in [1.29, 1.82) is 5.26 Å². The summed E-state index contributed by atoms with van der Waals surface area (Å²) in [4.78, 5) is 0. The van der Waals surface area contributed by atoms with Crippen molar-refractivity contribution in [2.75, 3.05) is 0 Å². The number of halogens is 4. The number of nitrogens with zero attached hydrogens (tertiary/aromatic N) is 3. The molecular formula is C17H15ClF3N3. The van der Waals surface area contributed by atoms with Gasteiger partial charge in [-0.1, -0.05) is 23.7 Å². The van der Waals surface area contributed by atoms with Gasteiger partial charge >= 0.3 is 6.18 Å². The van der Waals surface area contributed by atoms with Crippen LogP contribution in [0.1, 0.15) is 30.5 Å². The van der Waals surface area contributed by atoms with Crippen LogP contribution in [0.25, 0.3) is 0 Å². The normalized spacial score (nSPS) is 14.0. The Morgan fingerprint density at radius 3 is 2.33 bits per heavy atom. The highest BCUT2D eigenvalue weighted by atomic mass is 35.5. The molecular weight excluding hydrogens is 339 g/mol. The van der Waals surface area contributed by atoms with Crippen LogP contribution in [0.2, 0.25) is 5.02 Å². The summed E-state index contributed by atoms with van der Waals surface area (Å²) in [6, 6.07) is 12.2. The molecule has 1 aromatic heterocycles. The molecule has 1 unspecified atom stereocenters. The molecule has 0 aliphatic heterocycles. The van der Waals surface area contributed by atoms with E-state index in [1.165, 1.54) is 6.20 Å². The molecule has 126 valence electrons. The van der Waals surface area contributed by atoms with Crippen LogP contribution < -0.4 is 0 Å². The fourth-order valence-corrected chi connectivity index (χ4v) is 2.72. The number of nitriles is 1. The molecule has 0 radical (unpaired) electrons. The van der Waals surface area contributed by atoms with Crippen molar-refractivity contribution in [1.82, 2.24) is 10.2 Å². The minimum Gasteiger partial charge on any atom is -0.197 e. The summed E-state index contributed by atoms with van der Waals surface area (Å²) in [6.07, 6.45) is -3.54. The van der Waals surface area contributed by atoms with E-state index in [0.29, 0.717) is 16.3 Å². The SMILES string of the molecule is N#CC(CCCC(F)(F)F)(Cc1cccnn1)c1ccc(Cl)cc1. The fraction of sp³-hybridized carbons (Fsp3) is 0.353. The molecule has 0 N–H and O–H groups in total. The highest BCUT2D eigenvalue weighted by molar-refractivity contribution is 6.30. The lowest BCUT2D eigenvalue weighted by Crippen LogP contribution is -2.28. The van der Waals surface area contributed by atoms with Gasteiger partial charge < -0.3 is 0 Å². The van der Waals surface area contributed by atoms with Crippen molar-refractivity contribution < 1.29 is 13.2 Å². The summed E-state index contributed by atoms with van der Waals surface area (Å²) in [7, 11) is 0. The monoisotopic (exact) mass is 353 g/mol. The highest BCUT2D eigenvalue weighted by Gasteiger charge is 2.35. The van der Waals surface area contributed by atoms with Gasteiger partial charge in [-0.05, 0) is 42.7 Å². The van der Waals surface area contributed by atoms with Crippen LogP contribution in [0, 0.1) is 11.3 Å². The van der Waals surface area contributed by atoms with Crippen molar-refractivity contribution in [2.45, 2.75) is 37.3 Å². The topological polar surface area (TPSA) is 49.6 Å². The lowest BCUT2D eigenvalue weighted by molar-refractivity contribution is -0.136. The molecule has 24 heavy (non-hydrogen) atoms. The van der Waals surface area contributed by atoms with E-state index >= 15 is 0 Å². The minimum atomic E-state index is -4.24. The Morgan fingerprint density at radius 2 is 1.79 bits per heavy atom. The second kappa shape index (κ2) is 7.63. The summed E-state index contributed by atoms with van der Waals surface area (Å²) < 4.78 is 37.5. The maximum Gasteiger partial charge on any atom is 0.389 e. The molecule has 2 aromatic rings. The molecule has 0 aliphatic carbocycles. The lowest BCUT2D eigenvalue weighted by atomic mass is 9.74. The first kappa shape index (κ1) is 18.2. The first-order chi connectivity index (χ1) is 11.3. The van der Waals surface area contributed by atoms with E-state index in [-0.39, 0.29) is 19.3 Å². The van der Waals surface area contributed by atoms with E-state index in [2.05, 4.69) is 16.3 Å². The Labute approximate surface area is 143 Å². The zero-order chi connectivity index (χ0) is 17.6. The zero-order valence-electron chi connectivity index (χ0n) is 12.7.